The largest absolute Gasteiger partial charge is 0.327 e. The van der Waals surface area contributed by atoms with Crippen molar-refractivity contribution in [1.82, 2.24) is 0 Å². The Bertz CT molecular complexity index is 346. The fourth-order valence-electron chi connectivity index (χ4n) is 1.11. The van der Waals surface area contributed by atoms with Crippen molar-refractivity contribution in [3.63, 3.8) is 0 Å². The van der Waals surface area contributed by atoms with Crippen LogP contribution in [0.25, 0.3) is 0 Å². The molecule has 15 heavy (non-hydrogen) atoms. The predicted octanol–water partition coefficient (Wildman–Crippen LogP) is 3.17. The molecule has 0 amide bonds. The first-order valence-corrected chi connectivity index (χ1v) is 6.16. The normalized spacial score (nSPS) is 12.1. The molecule has 0 aliphatic carbocycles. The zero-order valence-corrected chi connectivity index (χ0v) is 10.0. The Morgan fingerprint density at radius 1 is 1.53 bits per heavy atom. The van der Waals surface area contributed by atoms with Gasteiger partial charge in [-0.2, -0.15) is 0 Å². The minimum atomic E-state index is 0.157. The Morgan fingerprint density at radius 3 is 3.00 bits per heavy atom. The van der Waals surface area contributed by atoms with E-state index in [-0.39, 0.29) is 6.04 Å². The minimum Gasteiger partial charge on any atom is -0.327 e. The number of hydrogen-bond acceptors (Lipinski definition) is 2. The summed E-state index contributed by atoms with van der Waals surface area (Å²) in [7, 11) is 0. The highest BCUT2D eigenvalue weighted by molar-refractivity contribution is 7.99. The molecule has 0 spiro atoms. The van der Waals surface area contributed by atoms with Gasteiger partial charge in [-0.05, 0) is 24.6 Å². The summed E-state index contributed by atoms with van der Waals surface area (Å²) in [5, 5.41) is 0.761. The predicted molar refractivity (Wildman–Crippen MR) is 68.2 cm³/mol. The molecular weight excluding hydrogens is 226 g/mol. The van der Waals surface area contributed by atoms with Crippen LogP contribution in [0, 0.1) is 12.3 Å². The monoisotopic (exact) mass is 239 g/mol. The Labute approximate surface area is 100 Å². The minimum absolute atomic E-state index is 0.157. The van der Waals surface area contributed by atoms with Crippen molar-refractivity contribution in [3.05, 3.63) is 29.3 Å². The van der Waals surface area contributed by atoms with E-state index in [1.807, 2.05) is 24.3 Å². The van der Waals surface area contributed by atoms with Crippen LogP contribution < -0.4 is 5.73 Å². The summed E-state index contributed by atoms with van der Waals surface area (Å²) in [6.07, 6.45) is 6.80. The zero-order valence-electron chi connectivity index (χ0n) is 8.45. The molecule has 0 saturated carbocycles. The quantitative estimate of drug-likeness (QED) is 0.631. The summed E-state index contributed by atoms with van der Waals surface area (Å²) >= 11 is 7.59. The molecule has 0 radical (unpaired) electrons. The zero-order chi connectivity index (χ0) is 11.1. The third kappa shape index (κ3) is 5.13. The first-order valence-electron chi connectivity index (χ1n) is 4.80. The Hall–Kier alpha value is -0.620. The molecule has 0 saturated heterocycles. The smallest absolute Gasteiger partial charge is 0.0417 e. The van der Waals surface area contributed by atoms with Crippen LogP contribution >= 0.6 is 23.4 Å². The van der Waals surface area contributed by atoms with Gasteiger partial charge in [-0.15, -0.1) is 24.1 Å². The number of rotatable bonds is 5. The molecule has 0 aliphatic heterocycles. The molecule has 1 aromatic rings. The maximum absolute atomic E-state index is 5.90. The molecule has 0 fully saturated rings. The highest BCUT2D eigenvalue weighted by atomic mass is 35.5. The van der Waals surface area contributed by atoms with Crippen molar-refractivity contribution in [3.8, 4) is 12.3 Å². The lowest BCUT2D eigenvalue weighted by Gasteiger charge is -2.09. The molecule has 0 bridgehead atoms. The standard InChI is InChI=1S/C12H14ClNS/c1-2-3-6-11(14)9-15-12-7-4-5-10(13)8-12/h1,4-5,7-8,11H,3,6,9,14H2. The van der Waals surface area contributed by atoms with Crippen LogP contribution in [-0.2, 0) is 0 Å². The van der Waals surface area contributed by atoms with Crippen molar-refractivity contribution in [1.29, 1.82) is 0 Å². The summed E-state index contributed by atoms with van der Waals surface area (Å²) in [6, 6.07) is 7.94. The maximum Gasteiger partial charge on any atom is 0.0417 e. The van der Waals surface area contributed by atoms with E-state index in [1.165, 1.54) is 0 Å². The topological polar surface area (TPSA) is 26.0 Å². The summed E-state index contributed by atoms with van der Waals surface area (Å²) in [5.41, 5.74) is 5.90. The summed E-state index contributed by atoms with van der Waals surface area (Å²) in [6.45, 7) is 0. The third-order valence-electron chi connectivity index (χ3n) is 1.92. The molecule has 0 heterocycles. The van der Waals surface area contributed by atoms with Gasteiger partial charge in [-0.3, -0.25) is 0 Å². The lowest BCUT2D eigenvalue weighted by atomic mass is 10.2. The number of thioether (sulfide) groups is 1. The van der Waals surface area contributed by atoms with Gasteiger partial charge < -0.3 is 5.73 Å². The number of benzene rings is 1. The molecule has 80 valence electrons. The average molecular weight is 240 g/mol. The average Bonchev–Trinajstić information content (AvgIpc) is 2.23. The highest BCUT2D eigenvalue weighted by Gasteiger charge is 2.02. The van der Waals surface area contributed by atoms with Gasteiger partial charge in [0.05, 0.1) is 0 Å². The number of terminal acetylenes is 1. The summed E-state index contributed by atoms with van der Waals surface area (Å²) in [4.78, 5) is 1.15. The number of hydrogen-bond donors (Lipinski definition) is 1. The van der Waals surface area contributed by atoms with E-state index < -0.39 is 0 Å². The molecule has 1 unspecified atom stereocenters. The molecule has 0 aromatic heterocycles. The Morgan fingerprint density at radius 2 is 2.33 bits per heavy atom. The fourth-order valence-corrected chi connectivity index (χ4v) is 2.33. The van der Waals surface area contributed by atoms with Crippen molar-refractivity contribution in [2.75, 3.05) is 5.75 Å². The Kier molecular flexibility index (Phi) is 5.63. The van der Waals surface area contributed by atoms with Crippen LogP contribution in [0.5, 0.6) is 0 Å². The van der Waals surface area contributed by atoms with Gasteiger partial charge in [0.15, 0.2) is 0 Å². The second-order valence-electron chi connectivity index (χ2n) is 3.27. The molecular formula is C12H14ClNS. The van der Waals surface area contributed by atoms with Gasteiger partial charge in [-0.25, -0.2) is 0 Å². The first kappa shape index (κ1) is 12.4. The SMILES string of the molecule is C#CCCC(N)CSc1cccc(Cl)c1. The number of nitrogens with two attached hydrogens (primary N) is 1. The molecule has 3 heteroatoms. The lowest BCUT2D eigenvalue weighted by molar-refractivity contribution is 0.692. The maximum atomic E-state index is 5.90. The van der Waals surface area contributed by atoms with Crippen LogP contribution in [0.4, 0.5) is 0 Å². The van der Waals surface area contributed by atoms with Gasteiger partial charge in [0.25, 0.3) is 0 Å². The Balaban J connectivity index is 2.34. The molecule has 1 aromatic carbocycles. The van der Waals surface area contributed by atoms with E-state index in [1.54, 1.807) is 11.8 Å². The molecule has 1 nitrogen and oxygen atoms in total. The van der Waals surface area contributed by atoms with E-state index in [4.69, 9.17) is 23.8 Å². The van der Waals surface area contributed by atoms with E-state index in [9.17, 15) is 0 Å². The third-order valence-corrected chi connectivity index (χ3v) is 3.34. The van der Waals surface area contributed by atoms with Gasteiger partial charge in [0, 0.05) is 28.1 Å². The van der Waals surface area contributed by atoms with Gasteiger partial charge in [0.2, 0.25) is 0 Å². The molecule has 1 rings (SSSR count). The molecule has 2 N–H and O–H groups in total. The van der Waals surface area contributed by atoms with Crippen LogP contribution in [0.2, 0.25) is 5.02 Å². The van der Waals surface area contributed by atoms with E-state index in [2.05, 4.69) is 5.92 Å². The summed E-state index contributed by atoms with van der Waals surface area (Å²) in [5.74, 6) is 3.47. The second-order valence-corrected chi connectivity index (χ2v) is 4.80. The van der Waals surface area contributed by atoms with Gasteiger partial charge in [-0.1, -0.05) is 17.7 Å². The van der Waals surface area contributed by atoms with Crippen LogP contribution in [0.15, 0.2) is 29.2 Å². The van der Waals surface area contributed by atoms with Gasteiger partial charge >= 0.3 is 0 Å². The first-order chi connectivity index (χ1) is 7.22. The molecule has 1 atom stereocenters. The fraction of sp³-hybridized carbons (Fsp3) is 0.333. The van der Waals surface area contributed by atoms with Crippen molar-refractivity contribution < 1.29 is 0 Å². The van der Waals surface area contributed by atoms with Gasteiger partial charge in [0.1, 0.15) is 0 Å². The second kappa shape index (κ2) is 6.79. The molecule has 0 aliphatic rings. The van der Waals surface area contributed by atoms with E-state index in [0.29, 0.717) is 0 Å². The van der Waals surface area contributed by atoms with E-state index >= 15 is 0 Å². The van der Waals surface area contributed by atoms with Crippen LogP contribution in [0.1, 0.15) is 12.8 Å². The van der Waals surface area contributed by atoms with Crippen molar-refractivity contribution in [2.24, 2.45) is 5.73 Å². The van der Waals surface area contributed by atoms with E-state index in [0.717, 1.165) is 28.5 Å². The van der Waals surface area contributed by atoms with Crippen molar-refractivity contribution in [2.45, 2.75) is 23.8 Å². The van der Waals surface area contributed by atoms with Crippen LogP contribution in [-0.4, -0.2) is 11.8 Å². The lowest BCUT2D eigenvalue weighted by Crippen LogP contribution is -2.22. The van der Waals surface area contributed by atoms with Crippen LogP contribution in [0.3, 0.4) is 0 Å². The van der Waals surface area contributed by atoms with Crippen molar-refractivity contribution >= 4 is 23.4 Å². The summed E-state index contributed by atoms with van der Waals surface area (Å²) < 4.78 is 0. The number of halogens is 1. The highest BCUT2D eigenvalue weighted by Crippen LogP contribution is 2.22.